The van der Waals surface area contributed by atoms with E-state index >= 15 is 0 Å². The maximum absolute atomic E-state index is 12.8. The number of carbonyl (C=O) groups excluding carboxylic acids is 1. The molecule has 0 radical (unpaired) electrons. The van der Waals surface area contributed by atoms with Crippen LogP contribution in [-0.2, 0) is 6.42 Å². The summed E-state index contributed by atoms with van der Waals surface area (Å²) in [6.45, 7) is 1.80. The number of aromatic amines is 1. The number of H-pyrrole nitrogens is 1. The molecule has 0 aliphatic rings. The van der Waals surface area contributed by atoms with Gasteiger partial charge in [0.2, 0.25) is 5.78 Å². The topological polar surface area (TPSA) is 72.8 Å². The molecule has 0 unspecified atom stereocenters. The molecule has 3 heterocycles. The van der Waals surface area contributed by atoms with Crippen molar-refractivity contribution in [1.82, 2.24) is 19.5 Å². The van der Waals surface area contributed by atoms with Crippen LogP contribution in [0.2, 0.25) is 0 Å². The number of alkyl halides is 3. The summed E-state index contributed by atoms with van der Waals surface area (Å²) in [5.74, 6) is -0.0600. The van der Waals surface area contributed by atoms with E-state index in [-0.39, 0.29) is 23.8 Å². The van der Waals surface area contributed by atoms with Crippen molar-refractivity contribution in [2.45, 2.75) is 26.4 Å². The summed E-state index contributed by atoms with van der Waals surface area (Å²) in [4.78, 5) is 24.4. The SMILES string of the molecule is Cc1cnc(CC(=O)c2nc3ccc(-n4cccc4)cc3[nH]2)c(C)c1OCC(F)(F)F. The van der Waals surface area contributed by atoms with Gasteiger partial charge < -0.3 is 14.3 Å². The first-order chi connectivity index (χ1) is 14.7. The van der Waals surface area contributed by atoms with Crippen LogP contribution in [-0.4, -0.2) is 38.1 Å². The second-order valence-electron chi connectivity index (χ2n) is 7.22. The fourth-order valence-electron chi connectivity index (χ4n) is 3.34. The van der Waals surface area contributed by atoms with Gasteiger partial charge >= 0.3 is 6.18 Å². The first kappa shape index (κ1) is 20.6. The number of rotatable bonds is 6. The standard InChI is InChI=1S/C22H19F3N4O2/c1-13-11-26-17(14(2)20(13)31-12-22(23,24)25)10-19(30)21-27-16-6-5-15(9-18(16)28-21)29-7-3-4-8-29/h3-9,11H,10,12H2,1-2H3,(H,27,28). The third-order valence-electron chi connectivity index (χ3n) is 4.89. The molecule has 4 rings (SSSR count). The molecule has 0 aliphatic heterocycles. The summed E-state index contributed by atoms with van der Waals surface area (Å²) in [6.07, 6.45) is 0.662. The first-order valence-electron chi connectivity index (χ1n) is 9.52. The van der Waals surface area contributed by atoms with Crippen molar-refractivity contribution in [1.29, 1.82) is 0 Å². The Hall–Kier alpha value is -3.62. The Balaban J connectivity index is 1.57. The summed E-state index contributed by atoms with van der Waals surface area (Å²) in [6, 6.07) is 9.42. The summed E-state index contributed by atoms with van der Waals surface area (Å²) in [5, 5.41) is 0. The lowest BCUT2D eigenvalue weighted by Crippen LogP contribution is -2.20. The van der Waals surface area contributed by atoms with Gasteiger partial charge in [0, 0.05) is 35.4 Å². The molecule has 160 valence electrons. The Bertz CT molecular complexity index is 1240. The van der Waals surface area contributed by atoms with Gasteiger partial charge in [-0.2, -0.15) is 13.2 Å². The van der Waals surface area contributed by atoms with E-state index in [0.29, 0.717) is 27.9 Å². The number of carbonyl (C=O) groups is 1. The van der Waals surface area contributed by atoms with E-state index in [2.05, 4.69) is 15.0 Å². The molecule has 9 heteroatoms. The Kier molecular flexibility index (Phi) is 5.26. The molecular formula is C22H19F3N4O2. The van der Waals surface area contributed by atoms with Crippen LogP contribution >= 0.6 is 0 Å². The molecule has 0 atom stereocenters. The maximum atomic E-state index is 12.8. The number of hydrogen-bond donors (Lipinski definition) is 1. The monoisotopic (exact) mass is 428 g/mol. The van der Waals surface area contributed by atoms with Crippen molar-refractivity contribution in [2.75, 3.05) is 6.61 Å². The number of pyridine rings is 1. The van der Waals surface area contributed by atoms with Gasteiger partial charge in [-0.1, -0.05) is 0 Å². The molecule has 1 N–H and O–H groups in total. The lowest BCUT2D eigenvalue weighted by atomic mass is 10.1. The molecule has 4 aromatic rings. The lowest BCUT2D eigenvalue weighted by Gasteiger charge is -2.15. The number of nitrogens with one attached hydrogen (secondary N) is 1. The molecule has 0 spiro atoms. The number of imidazole rings is 1. The van der Waals surface area contributed by atoms with Crippen LogP contribution in [0.4, 0.5) is 13.2 Å². The Morgan fingerprint density at radius 2 is 1.94 bits per heavy atom. The molecule has 31 heavy (non-hydrogen) atoms. The minimum absolute atomic E-state index is 0.0936. The van der Waals surface area contributed by atoms with Crippen LogP contribution in [0.5, 0.6) is 5.75 Å². The number of nitrogens with zero attached hydrogens (tertiary/aromatic N) is 3. The van der Waals surface area contributed by atoms with Crippen molar-refractivity contribution in [3.8, 4) is 11.4 Å². The van der Waals surface area contributed by atoms with Crippen LogP contribution < -0.4 is 4.74 Å². The van der Waals surface area contributed by atoms with Gasteiger partial charge in [0.1, 0.15) is 5.75 Å². The highest BCUT2D eigenvalue weighted by Gasteiger charge is 2.29. The first-order valence-corrected chi connectivity index (χ1v) is 9.52. The molecular weight excluding hydrogens is 409 g/mol. The van der Waals surface area contributed by atoms with Crippen LogP contribution in [0.15, 0.2) is 48.9 Å². The summed E-state index contributed by atoms with van der Waals surface area (Å²) in [5.41, 5.74) is 3.49. The van der Waals surface area contributed by atoms with Gasteiger partial charge in [0.15, 0.2) is 12.4 Å². The van der Waals surface area contributed by atoms with E-state index in [9.17, 15) is 18.0 Å². The zero-order chi connectivity index (χ0) is 22.2. The van der Waals surface area contributed by atoms with Crippen molar-refractivity contribution in [3.63, 3.8) is 0 Å². The van der Waals surface area contributed by atoms with Crippen molar-refractivity contribution in [2.24, 2.45) is 0 Å². The quantitative estimate of drug-likeness (QED) is 0.451. The Morgan fingerprint density at radius 1 is 1.19 bits per heavy atom. The summed E-state index contributed by atoms with van der Waals surface area (Å²) < 4.78 is 44.5. The maximum Gasteiger partial charge on any atom is 0.422 e. The van der Waals surface area contributed by atoms with E-state index in [1.807, 2.05) is 47.3 Å². The van der Waals surface area contributed by atoms with E-state index < -0.39 is 12.8 Å². The number of fused-ring (bicyclic) bond motifs is 1. The second-order valence-corrected chi connectivity index (χ2v) is 7.22. The van der Waals surface area contributed by atoms with Crippen molar-refractivity contribution < 1.29 is 22.7 Å². The third kappa shape index (κ3) is 4.45. The molecule has 6 nitrogen and oxygen atoms in total. The fraction of sp³-hybridized carbons (Fsp3) is 0.227. The third-order valence-corrected chi connectivity index (χ3v) is 4.89. The molecule has 0 amide bonds. The van der Waals surface area contributed by atoms with Gasteiger partial charge in [-0.3, -0.25) is 9.78 Å². The minimum atomic E-state index is -4.45. The van der Waals surface area contributed by atoms with E-state index in [4.69, 9.17) is 4.74 Å². The van der Waals surface area contributed by atoms with E-state index in [1.54, 1.807) is 13.8 Å². The smallest absolute Gasteiger partial charge is 0.422 e. The molecule has 0 aliphatic carbocycles. The summed E-state index contributed by atoms with van der Waals surface area (Å²) in [7, 11) is 0. The average molecular weight is 428 g/mol. The highest BCUT2D eigenvalue weighted by atomic mass is 19.4. The number of halogens is 3. The molecule has 0 fully saturated rings. The molecule has 3 aromatic heterocycles. The normalized spacial score (nSPS) is 11.8. The number of hydrogen-bond acceptors (Lipinski definition) is 4. The number of aryl methyl sites for hydroxylation is 1. The molecule has 1 aromatic carbocycles. The predicted octanol–water partition coefficient (Wildman–Crippen LogP) is 4.73. The number of benzene rings is 1. The lowest BCUT2D eigenvalue weighted by molar-refractivity contribution is -0.153. The molecule has 0 saturated carbocycles. The van der Waals surface area contributed by atoms with Crippen molar-refractivity contribution in [3.05, 3.63) is 71.6 Å². The van der Waals surface area contributed by atoms with Gasteiger partial charge in [0.25, 0.3) is 0 Å². The van der Waals surface area contributed by atoms with Crippen LogP contribution in [0.1, 0.15) is 27.4 Å². The Morgan fingerprint density at radius 3 is 2.65 bits per heavy atom. The van der Waals surface area contributed by atoms with Crippen LogP contribution in [0.3, 0.4) is 0 Å². The zero-order valence-corrected chi connectivity index (χ0v) is 16.8. The minimum Gasteiger partial charge on any atom is -0.483 e. The van der Waals surface area contributed by atoms with Crippen LogP contribution in [0.25, 0.3) is 16.7 Å². The highest BCUT2D eigenvalue weighted by molar-refractivity contribution is 5.97. The van der Waals surface area contributed by atoms with E-state index in [0.717, 1.165) is 5.69 Å². The highest BCUT2D eigenvalue weighted by Crippen LogP contribution is 2.27. The Labute approximate surface area is 175 Å². The van der Waals surface area contributed by atoms with Crippen molar-refractivity contribution >= 4 is 16.8 Å². The van der Waals surface area contributed by atoms with E-state index in [1.165, 1.54) is 6.20 Å². The second kappa shape index (κ2) is 7.90. The van der Waals surface area contributed by atoms with Gasteiger partial charge in [0.05, 0.1) is 23.1 Å². The number of Topliss-reactive ketones (excluding diaryl/α,β-unsaturated/α-hetero) is 1. The number of ketones is 1. The zero-order valence-electron chi connectivity index (χ0n) is 16.8. The van der Waals surface area contributed by atoms with Crippen LogP contribution in [0, 0.1) is 13.8 Å². The molecule has 0 saturated heterocycles. The fourth-order valence-corrected chi connectivity index (χ4v) is 3.34. The average Bonchev–Trinajstić information content (AvgIpc) is 3.38. The van der Waals surface area contributed by atoms with Gasteiger partial charge in [-0.05, 0) is 44.2 Å². The van der Waals surface area contributed by atoms with Gasteiger partial charge in [-0.25, -0.2) is 4.98 Å². The largest absolute Gasteiger partial charge is 0.483 e. The number of aromatic nitrogens is 4. The molecule has 0 bridgehead atoms. The summed E-state index contributed by atoms with van der Waals surface area (Å²) >= 11 is 0. The predicted molar refractivity (Wildman–Crippen MR) is 109 cm³/mol. The number of ether oxygens (including phenoxy) is 1. The van der Waals surface area contributed by atoms with Gasteiger partial charge in [-0.15, -0.1) is 0 Å².